The van der Waals surface area contributed by atoms with Crippen molar-refractivity contribution in [2.75, 3.05) is 19.6 Å². The first kappa shape index (κ1) is 16.3. The van der Waals surface area contributed by atoms with Gasteiger partial charge in [-0.25, -0.2) is 0 Å². The minimum atomic E-state index is 0.0866. The molecule has 0 radical (unpaired) electrons. The molecule has 0 aliphatic carbocycles. The summed E-state index contributed by atoms with van der Waals surface area (Å²) in [4.78, 5) is 14.3. The molecule has 17 heavy (non-hydrogen) atoms. The molecule has 0 unspecified atom stereocenters. The van der Waals surface area contributed by atoms with Crippen LogP contribution in [0, 0.1) is 0 Å². The van der Waals surface area contributed by atoms with Crippen LogP contribution in [0.5, 0.6) is 0 Å². The van der Waals surface area contributed by atoms with Crippen LogP contribution in [0.15, 0.2) is 0 Å². The van der Waals surface area contributed by atoms with E-state index in [9.17, 15) is 4.79 Å². The summed E-state index contributed by atoms with van der Waals surface area (Å²) in [5, 5.41) is 3.02. The van der Waals surface area contributed by atoms with Crippen LogP contribution in [-0.4, -0.2) is 41.5 Å². The van der Waals surface area contributed by atoms with Crippen LogP contribution in [0.25, 0.3) is 0 Å². The Bertz CT molecular complexity index is 242. The van der Waals surface area contributed by atoms with E-state index in [0.717, 1.165) is 25.9 Å². The van der Waals surface area contributed by atoms with Gasteiger partial charge < -0.3 is 11.1 Å². The lowest BCUT2D eigenvalue weighted by Crippen LogP contribution is -2.42. The second-order valence-electron chi connectivity index (χ2n) is 4.17. The molecule has 0 saturated carbocycles. The van der Waals surface area contributed by atoms with Gasteiger partial charge in [-0.1, -0.05) is 33.0 Å². The average molecular weight is 259 g/mol. The van der Waals surface area contributed by atoms with Crippen molar-refractivity contribution >= 4 is 23.1 Å². The fourth-order valence-electron chi connectivity index (χ4n) is 1.59. The van der Waals surface area contributed by atoms with Gasteiger partial charge in [0.2, 0.25) is 5.91 Å². The smallest absolute Gasteiger partial charge is 0.234 e. The van der Waals surface area contributed by atoms with Gasteiger partial charge in [0.15, 0.2) is 0 Å². The number of likely N-dealkylation sites (N-methyl/N-ethyl adjacent to an activating group) is 1. The summed E-state index contributed by atoms with van der Waals surface area (Å²) in [7, 11) is 0. The highest BCUT2D eigenvalue weighted by Crippen LogP contribution is 1.97. The minimum absolute atomic E-state index is 0.0866. The topological polar surface area (TPSA) is 58.4 Å². The largest absolute Gasteiger partial charge is 0.393 e. The molecular formula is C12H25N3OS. The third kappa shape index (κ3) is 8.10. The molecule has 0 aliphatic rings. The summed E-state index contributed by atoms with van der Waals surface area (Å²) >= 11 is 4.83. The van der Waals surface area contributed by atoms with E-state index in [0.29, 0.717) is 18.0 Å². The number of carbonyl (C=O) groups is 1. The number of nitrogens with two attached hydrogens (primary N) is 1. The average Bonchev–Trinajstić information content (AvgIpc) is 2.31. The molecule has 0 spiro atoms. The standard InChI is InChI=1S/C12H25N3OS/c1-4-10(5-2)14-12(16)9-15(6-3)8-7-11(13)17/h10H,4-9H2,1-3H3,(H2,13,17)(H,14,16). The molecule has 0 aromatic carbocycles. The van der Waals surface area contributed by atoms with Gasteiger partial charge in [-0.2, -0.15) is 0 Å². The molecule has 0 aliphatic heterocycles. The molecule has 5 heteroatoms. The van der Waals surface area contributed by atoms with E-state index in [4.69, 9.17) is 18.0 Å². The fraction of sp³-hybridized carbons (Fsp3) is 0.833. The van der Waals surface area contributed by atoms with E-state index < -0.39 is 0 Å². The second-order valence-corrected chi connectivity index (χ2v) is 4.69. The summed E-state index contributed by atoms with van der Waals surface area (Å²) in [6, 6.07) is 0.289. The summed E-state index contributed by atoms with van der Waals surface area (Å²) in [6.07, 6.45) is 2.62. The van der Waals surface area contributed by atoms with Gasteiger partial charge in [-0.15, -0.1) is 0 Å². The zero-order chi connectivity index (χ0) is 13.3. The van der Waals surface area contributed by atoms with Gasteiger partial charge in [-0.05, 0) is 19.4 Å². The van der Waals surface area contributed by atoms with Crippen molar-refractivity contribution in [1.82, 2.24) is 10.2 Å². The molecular weight excluding hydrogens is 234 g/mol. The van der Waals surface area contributed by atoms with Crippen molar-refractivity contribution in [2.45, 2.75) is 46.1 Å². The second kappa shape index (κ2) is 9.36. The number of hydrogen-bond acceptors (Lipinski definition) is 3. The van der Waals surface area contributed by atoms with Crippen molar-refractivity contribution in [3.8, 4) is 0 Å². The Labute approximate surface area is 110 Å². The van der Waals surface area contributed by atoms with Gasteiger partial charge >= 0.3 is 0 Å². The van der Waals surface area contributed by atoms with E-state index >= 15 is 0 Å². The Morgan fingerprint density at radius 1 is 1.35 bits per heavy atom. The number of rotatable bonds is 9. The molecule has 100 valence electrons. The Morgan fingerprint density at radius 3 is 2.35 bits per heavy atom. The van der Waals surface area contributed by atoms with Gasteiger partial charge in [0.1, 0.15) is 0 Å². The Hall–Kier alpha value is -0.680. The van der Waals surface area contributed by atoms with Crippen LogP contribution in [0.4, 0.5) is 0 Å². The van der Waals surface area contributed by atoms with Crippen LogP contribution >= 0.6 is 12.2 Å². The maximum absolute atomic E-state index is 11.8. The zero-order valence-electron chi connectivity index (χ0n) is 11.2. The van der Waals surface area contributed by atoms with Crippen LogP contribution in [0.1, 0.15) is 40.0 Å². The van der Waals surface area contributed by atoms with Crippen molar-refractivity contribution in [3.05, 3.63) is 0 Å². The van der Waals surface area contributed by atoms with Gasteiger partial charge in [0, 0.05) is 19.0 Å². The lowest BCUT2D eigenvalue weighted by molar-refractivity contribution is -0.123. The molecule has 0 rings (SSSR count). The molecule has 0 fully saturated rings. The first-order valence-corrected chi connectivity index (χ1v) is 6.74. The molecule has 0 heterocycles. The molecule has 0 aromatic rings. The molecule has 0 saturated heterocycles. The molecule has 0 atom stereocenters. The maximum atomic E-state index is 11.8. The van der Waals surface area contributed by atoms with Crippen molar-refractivity contribution in [3.63, 3.8) is 0 Å². The first-order chi connectivity index (χ1) is 8.03. The van der Waals surface area contributed by atoms with Crippen molar-refractivity contribution < 1.29 is 4.79 Å². The SMILES string of the molecule is CCC(CC)NC(=O)CN(CC)CCC(N)=S. The lowest BCUT2D eigenvalue weighted by Gasteiger charge is -2.21. The Balaban J connectivity index is 4.00. The molecule has 0 bridgehead atoms. The summed E-state index contributed by atoms with van der Waals surface area (Å²) in [6.45, 7) is 8.21. The predicted molar refractivity (Wildman–Crippen MR) is 76.0 cm³/mol. The third-order valence-corrected chi connectivity index (χ3v) is 3.04. The first-order valence-electron chi connectivity index (χ1n) is 6.33. The lowest BCUT2D eigenvalue weighted by atomic mass is 10.2. The monoisotopic (exact) mass is 259 g/mol. The van der Waals surface area contributed by atoms with Gasteiger partial charge in [0.25, 0.3) is 0 Å². The number of amides is 1. The van der Waals surface area contributed by atoms with Gasteiger partial charge in [-0.3, -0.25) is 9.69 Å². The molecule has 3 N–H and O–H groups in total. The van der Waals surface area contributed by atoms with E-state index in [1.165, 1.54) is 0 Å². The van der Waals surface area contributed by atoms with E-state index in [1.807, 2.05) is 6.92 Å². The predicted octanol–water partition coefficient (Wildman–Crippen LogP) is 1.29. The van der Waals surface area contributed by atoms with E-state index in [1.54, 1.807) is 0 Å². The summed E-state index contributed by atoms with van der Waals surface area (Å²) < 4.78 is 0. The highest BCUT2D eigenvalue weighted by Gasteiger charge is 2.12. The fourth-order valence-corrected chi connectivity index (χ4v) is 1.68. The van der Waals surface area contributed by atoms with Crippen molar-refractivity contribution in [2.24, 2.45) is 5.73 Å². The maximum Gasteiger partial charge on any atom is 0.234 e. The quantitative estimate of drug-likeness (QED) is 0.613. The highest BCUT2D eigenvalue weighted by atomic mass is 32.1. The Kier molecular flexibility index (Phi) is 8.99. The summed E-state index contributed by atoms with van der Waals surface area (Å²) in [5.74, 6) is 0.0866. The number of carbonyl (C=O) groups excluding carboxylic acids is 1. The van der Waals surface area contributed by atoms with Crippen LogP contribution < -0.4 is 11.1 Å². The van der Waals surface area contributed by atoms with Gasteiger partial charge in [0.05, 0.1) is 11.5 Å². The van der Waals surface area contributed by atoms with E-state index in [-0.39, 0.29) is 11.9 Å². The minimum Gasteiger partial charge on any atom is -0.393 e. The summed E-state index contributed by atoms with van der Waals surface area (Å²) in [5.41, 5.74) is 5.45. The van der Waals surface area contributed by atoms with Crippen LogP contribution in [-0.2, 0) is 4.79 Å². The zero-order valence-corrected chi connectivity index (χ0v) is 12.0. The van der Waals surface area contributed by atoms with Crippen molar-refractivity contribution in [1.29, 1.82) is 0 Å². The van der Waals surface area contributed by atoms with Crippen LogP contribution in [0.3, 0.4) is 0 Å². The van der Waals surface area contributed by atoms with E-state index in [2.05, 4.69) is 24.1 Å². The molecule has 0 aromatic heterocycles. The molecule has 4 nitrogen and oxygen atoms in total. The van der Waals surface area contributed by atoms with Crippen LogP contribution in [0.2, 0.25) is 0 Å². The normalized spacial score (nSPS) is 10.9. The number of hydrogen-bond donors (Lipinski definition) is 2. The molecule has 1 amide bonds. The number of nitrogens with one attached hydrogen (secondary N) is 1. The Morgan fingerprint density at radius 2 is 1.94 bits per heavy atom. The number of nitrogens with zero attached hydrogens (tertiary/aromatic N) is 1. The highest BCUT2D eigenvalue weighted by molar-refractivity contribution is 7.80. The third-order valence-electron chi connectivity index (χ3n) is 2.84. The number of thiocarbonyl (C=S) groups is 1.